The highest BCUT2D eigenvalue weighted by Gasteiger charge is 2.38. The molecule has 0 bridgehead atoms. The number of hydrogen-bond acceptors (Lipinski definition) is 5. The van der Waals surface area contributed by atoms with Crippen molar-refractivity contribution in [1.82, 2.24) is 15.6 Å². The highest BCUT2D eigenvalue weighted by molar-refractivity contribution is 5.92. The summed E-state index contributed by atoms with van der Waals surface area (Å²) in [5.41, 5.74) is 1.57. The largest absolute Gasteiger partial charge is 0.459 e. The van der Waals surface area contributed by atoms with Gasteiger partial charge in [0.2, 0.25) is 5.91 Å². The summed E-state index contributed by atoms with van der Waals surface area (Å²) in [7, 11) is 0. The number of carbonyl (C=O) groups excluding carboxylic acids is 2. The molecular weight excluding hydrogens is 439 g/mol. The van der Waals surface area contributed by atoms with Crippen molar-refractivity contribution in [2.45, 2.75) is 38.1 Å². The lowest BCUT2D eigenvalue weighted by molar-refractivity contribution is -0.147. The number of nitrogens with one attached hydrogen (secondary N) is 3. The molecule has 2 heterocycles. The zero-order valence-electron chi connectivity index (χ0n) is 17.6. The van der Waals surface area contributed by atoms with Gasteiger partial charge >= 0.3 is 5.97 Å². The van der Waals surface area contributed by atoms with Crippen LogP contribution in [-0.2, 0) is 20.7 Å². The van der Waals surface area contributed by atoms with Gasteiger partial charge in [0.05, 0.1) is 5.52 Å². The van der Waals surface area contributed by atoms with Crippen molar-refractivity contribution in [3.63, 3.8) is 0 Å². The van der Waals surface area contributed by atoms with Crippen LogP contribution in [0, 0.1) is 17.5 Å². The minimum absolute atomic E-state index is 0.0741. The first-order valence-electron chi connectivity index (χ1n) is 10.4. The first kappa shape index (κ1) is 22.8. The molecule has 1 unspecified atom stereocenters. The first-order valence-corrected chi connectivity index (χ1v) is 10.4. The average molecular weight is 461 g/mol. The molecule has 10 heteroatoms. The Labute approximate surface area is 186 Å². The molecule has 0 spiro atoms. The summed E-state index contributed by atoms with van der Waals surface area (Å²) in [6.07, 6.45) is -1.79. The number of fused-ring (bicyclic) bond motifs is 1. The predicted octanol–water partition coefficient (Wildman–Crippen LogP) is 2.52. The van der Waals surface area contributed by atoms with Crippen LogP contribution in [0.25, 0.3) is 22.2 Å². The number of aryl methyl sites for hydroxylation is 1. The molecule has 174 valence electrons. The molecule has 1 fully saturated rings. The van der Waals surface area contributed by atoms with Crippen molar-refractivity contribution in [3.05, 3.63) is 59.4 Å². The zero-order chi connectivity index (χ0) is 23.7. The number of H-pyrrole nitrogens is 1. The Morgan fingerprint density at radius 1 is 1.15 bits per heavy atom. The van der Waals surface area contributed by atoms with Gasteiger partial charge in [0.25, 0.3) is 0 Å². The van der Waals surface area contributed by atoms with Gasteiger partial charge < -0.3 is 20.1 Å². The fourth-order valence-electron chi connectivity index (χ4n) is 4.09. The van der Waals surface area contributed by atoms with Crippen LogP contribution in [0.4, 0.5) is 13.2 Å². The van der Waals surface area contributed by atoms with Crippen molar-refractivity contribution in [2.75, 3.05) is 6.54 Å². The second-order valence-electron chi connectivity index (χ2n) is 7.89. The molecule has 1 aliphatic rings. The van der Waals surface area contributed by atoms with Crippen LogP contribution in [0.5, 0.6) is 0 Å². The summed E-state index contributed by atoms with van der Waals surface area (Å²) < 4.78 is 46.8. The molecule has 4 N–H and O–H groups in total. The van der Waals surface area contributed by atoms with Gasteiger partial charge in [-0.1, -0.05) is 0 Å². The van der Waals surface area contributed by atoms with E-state index in [0.29, 0.717) is 16.8 Å². The smallest absolute Gasteiger partial charge is 0.303 e. The number of rotatable bonds is 6. The second-order valence-corrected chi connectivity index (χ2v) is 7.89. The zero-order valence-corrected chi connectivity index (χ0v) is 17.6. The molecule has 7 nitrogen and oxygen atoms in total. The molecule has 3 aromatic rings. The molecule has 0 radical (unpaired) electrons. The summed E-state index contributed by atoms with van der Waals surface area (Å²) in [6, 6.07) is 6.60. The molecule has 33 heavy (non-hydrogen) atoms. The third-order valence-corrected chi connectivity index (χ3v) is 5.58. The number of aliphatic hydroxyl groups excluding tert-OH is 1. The number of aromatic amines is 1. The van der Waals surface area contributed by atoms with E-state index in [9.17, 15) is 27.9 Å². The van der Waals surface area contributed by atoms with Gasteiger partial charge in [-0.3, -0.25) is 14.9 Å². The molecule has 4 rings (SSSR count). The fraction of sp³-hybridized carbons (Fsp3) is 0.304. The van der Waals surface area contributed by atoms with Crippen LogP contribution in [-0.4, -0.2) is 46.9 Å². The van der Waals surface area contributed by atoms with E-state index in [1.807, 2.05) is 0 Å². The minimum atomic E-state index is -1.09. The van der Waals surface area contributed by atoms with Crippen LogP contribution in [0.3, 0.4) is 0 Å². The lowest BCUT2D eigenvalue weighted by Gasteiger charge is -2.22. The van der Waals surface area contributed by atoms with E-state index in [4.69, 9.17) is 4.74 Å². The molecule has 3 atom stereocenters. The van der Waals surface area contributed by atoms with Gasteiger partial charge in [-0.25, -0.2) is 13.2 Å². The van der Waals surface area contributed by atoms with Gasteiger partial charge in [-0.05, 0) is 47.9 Å². The van der Waals surface area contributed by atoms with Gasteiger partial charge in [-0.2, -0.15) is 0 Å². The Morgan fingerprint density at radius 3 is 2.58 bits per heavy atom. The van der Waals surface area contributed by atoms with Crippen LogP contribution in [0.15, 0.2) is 36.4 Å². The van der Waals surface area contributed by atoms with Crippen LogP contribution < -0.4 is 10.6 Å². The molecule has 0 saturated carbocycles. The summed E-state index contributed by atoms with van der Waals surface area (Å²) >= 11 is 0. The number of carbonyl (C=O) groups is 2. The molecule has 1 amide bonds. The summed E-state index contributed by atoms with van der Waals surface area (Å²) in [4.78, 5) is 26.8. The highest BCUT2D eigenvalue weighted by atomic mass is 19.1. The standard InChI is InChI=1S/C23H22F3N3O4/c1-11(30)33-18-10-27-23(32)22(18)28-19(31)7-6-15-16-8-14(25)9-17(26)21(16)29-20(15)12-2-4-13(24)5-3-12/h2-5,8-9,18,22-23,27,29,32H,6-7,10H2,1H3,(H,28,31)/t18-,22+,23?/m1/s1. The van der Waals surface area contributed by atoms with E-state index < -0.39 is 47.7 Å². The van der Waals surface area contributed by atoms with Crippen LogP contribution in [0.1, 0.15) is 18.9 Å². The van der Waals surface area contributed by atoms with E-state index in [1.54, 1.807) is 0 Å². The Bertz CT molecular complexity index is 1200. The van der Waals surface area contributed by atoms with Gasteiger partial charge in [0, 0.05) is 37.0 Å². The normalized spacial score (nSPS) is 20.2. The van der Waals surface area contributed by atoms with Crippen molar-refractivity contribution in [2.24, 2.45) is 0 Å². The fourth-order valence-corrected chi connectivity index (χ4v) is 4.09. The molecule has 1 aromatic heterocycles. The Balaban J connectivity index is 1.58. The lowest BCUT2D eigenvalue weighted by atomic mass is 10.0. The number of amides is 1. The maximum absolute atomic E-state index is 14.4. The van der Waals surface area contributed by atoms with E-state index in [1.165, 1.54) is 37.3 Å². The number of aromatic nitrogens is 1. The van der Waals surface area contributed by atoms with Gasteiger partial charge in [-0.15, -0.1) is 0 Å². The molecular formula is C23H22F3N3O4. The van der Waals surface area contributed by atoms with Crippen molar-refractivity contribution in [3.8, 4) is 11.3 Å². The summed E-state index contributed by atoms with van der Waals surface area (Å²) in [5, 5.41) is 15.7. The third-order valence-electron chi connectivity index (χ3n) is 5.58. The topological polar surface area (TPSA) is 103 Å². The molecule has 1 saturated heterocycles. The van der Waals surface area contributed by atoms with Crippen LogP contribution >= 0.6 is 0 Å². The molecule has 2 aromatic carbocycles. The van der Waals surface area contributed by atoms with Crippen molar-refractivity contribution < 1.29 is 32.6 Å². The number of ether oxygens (including phenoxy) is 1. The predicted molar refractivity (Wildman–Crippen MR) is 113 cm³/mol. The van der Waals surface area contributed by atoms with Crippen LogP contribution in [0.2, 0.25) is 0 Å². The quantitative estimate of drug-likeness (QED) is 0.423. The van der Waals surface area contributed by atoms with Gasteiger partial charge in [0.1, 0.15) is 35.8 Å². The number of halogens is 3. The number of hydrogen-bond donors (Lipinski definition) is 4. The maximum atomic E-state index is 14.4. The van der Waals surface area contributed by atoms with Crippen molar-refractivity contribution in [1.29, 1.82) is 0 Å². The lowest BCUT2D eigenvalue weighted by Crippen LogP contribution is -2.49. The summed E-state index contributed by atoms with van der Waals surface area (Å²) in [5.74, 6) is -2.98. The Hall–Kier alpha value is -3.37. The second kappa shape index (κ2) is 9.24. The van der Waals surface area contributed by atoms with E-state index in [0.717, 1.165) is 6.07 Å². The number of benzene rings is 2. The van der Waals surface area contributed by atoms with Gasteiger partial charge in [0.15, 0.2) is 0 Å². The van der Waals surface area contributed by atoms with E-state index >= 15 is 0 Å². The average Bonchev–Trinajstić information content (AvgIpc) is 3.28. The third kappa shape index (κ3) is 4.86. The number of aliphatic hydroxyl groups is 1. The Morgan fingerprint density at radius 2 is 1.88 bits per heavy atom. The Kier molecular flexibility index (Phi) is 6.39. The highest BCUT2D eigenvalue weighted by Crippen LogP contribution is 2.33. The SMILES string of the molecule is CC(=O)O[C@@H]1CNC(O)[C@H]1NC(=O)CCc1c(-c2ccc(F)cc2)[nH]c2c(F)cc(F)cc12. The molecule has 1 aliphatic heterocycles. The van der Waals surface area contributed by atoms with E-state index in [2.05, 4.69) is 15.6 Å². The minimum Gasteiger partial charge on any atom is -0.459 e. The summed E-state index contributed by atoms with van der Waals surface area (Å²) in [6.45, 7) is 1.41. The molecule has 0 aliphatic carbocycles. The van der Waals surface area contributed by atoms with E-state index in [-0.39, 0.29) is 30.3 Å². The maximum Gasteiger partial charge on any atom is 0.303 e. The first-order chi connectivity index (χ1) is 15.7. The number of esters is 1. The van der Waals surface area contributed by atoms with Crippen molar-refractivity contribution >= 4 is 22.8 Å². The monoisotopic (exact) mass is 461 g/mol.